The van der Waals surface area contributed by atoms with Crippen molar-refractivity contribution < 1.29 is 14.3 Å². The Labute approximate surface area is 147 Å². The summed E-state index contributed by atoms with van der Waals surface area (Å²) in [6, 6.07) is 1.21. The molecular formula is C17H17ClFN3O3. The number of hydrogen-bond donors (Lipinski definition) is 2. The van der Waals surface area contributed by atoms with Crippen LogP contribution in [0.15, 0.2) is 17.1 Å². The van der Waals surface area contributed by atoms with E-state index in [-0.39, 0.29) is 33.7 Å². The summed E-state index contributed by atoms with van der Waals surface area (Å²) in [4.78, 5) is 25.7. The number of halogens is 2. The highest BCUT2D eigenvalue weighted by Crippen LogP contribution is 2.43. The van der Waals surface area contributed by atoms with Crippen LogP contribution in [0.1, 0.15) is 35.7 Å². The number of carbonyl (C=O) groups is 1. The second kappa shape index (κ2) is 5.71. The van der Waals surface area contributed by atoms with Crippen LogP contribution in [0.3, 0.4) is 0 Å². The van der Waals surface area contributed by atoms with Gasteiger partial charge in [0.2, 0.25) is 5.43 Å². The maximum Gasteiger partial charge on any atom is 0.341 e. The van der Waals surface area contributed by atoms with Crippen molar-refractivity contribution in [1.82, 2.24) is 4.57 Å². The number of aromatic nitrogens is 1. The average Bonchev–Trinajstić information content (AvgIpc) is 3.36. The number of rotatable bonds is 4. The predicted molar refractivity (Wildman–Crippen MR) is 93.2 cm³/mol. The Morgan fingerprint density at radius 2 is 2.12 bits per heavy atom. The van der Waals surface area contributed by atoms with Gasteiger partial charge in [-0.25, -0.2) is 9.18 Å². The van der Waals surface area contributed by atoms with Gasteiger partial charge in [0.25, 0.3) is 0 Å². The number of aromatic carboxylic acids is 1. The van der Waals surface area contributed by atoms with E-state index in [1.165, 1.54) is 6.20 Å². The molecule has 1 saturated heterocycles. The van der Waals surface area contributed by atoms with Crippen molar-refractivity contribution in [3.05, 3.63) is 38.9 Å². The van der Waals surface area contributed by atoms with Crippen molar-refractivity contribution in [2.24, 2.45) is 5.73 Å². The molecule has 2 aliphatic rings. The van der Waals surface area contributed by atoms with Crippen LogP contribution in [0.25, 0.3) is 10.9 Å². The van der Waals surface area contributed by atoms with Crippen LogP contribution in [-0.4, -0.2) is 34.8 Å². The van der Waals surface area contributed by atoms with Crippen molar-refractivity contribution >= 4 is 34.2 Å². The molecule has 2 fully saturated rings. The number of fused-ring (bicyclic) bond motifs is 1. The molecular weight excluding hydrogens is 349 g/mol. The maximum atomic E-state index is 14.8. The van der Waals surface area contributed by atoms with Gasteiger partial charge < -0.3 is 20.3 Å². The molecule has 8 heteroatoms. The molecule has 0 spiro atoms. The lowest BCUT2D eigenvalue weighted by Crippen LogP contribution is -2.52. The molecule has 1 saturated carbocycles. The Morgan fingerprint density at radius 1 is 1.40 bits per heavy atom. The predicted octanol–water partition coefficient (Wildman–Crippen LogP) is 2.36. The van der Waals surface area contributed by atoms with Gasteiger partial charge in [-0.3, -0.25) is 4.79 Å². The van der Waals surface area contributed by atoms with Crippen LogP contribution in [0.4, 0.5) is 10.1 Å². The fourth-order valence-corrected chi connectivity index (χ4v) is 3.87. The zero-order valence-corrected chi connectivity index (χ0v) is 14.1. The maximum absolute atomic E-state index is 14.8. The van der Waals surface area contributed by atoms with E-state index in [4.69, 9.17) is 17.3 Å². The second-order valence-electron chi connectivity index (χ2n) is 6.60. The second-order valence-corrected chi connectivity index (χ2v) is 6.98. The third-order valence-electron chi connectivity index (χ3n) is 5.06. The number of carboxylic acids is 1. The number of nitrogens with zero attached hydrogens (tertiary/aromatic N) is 2. The summed E-state index contributed by atoms with van der Waals surface area (Å²) in [7, 11) is 0. The first-order valence-electron chi connectivity index (χ1n) is 8.21. The molecule has 1 atom stereocenters. The third kappa shape index (κ3) is 2.41. The van der Waals surface area contributed by atoms with Crippen molar-refractivity contribution in [2.75, 3.05) is 18.0 Å². The lowest BCUT2D eigenvalue weighted by Gasteiger charge is -2.43. The molecule has 6 nitrogen and oxygen atoms in total. The number of nitrogens with two attached hydrogens (primary N) is 1. The summed E-state index contributed by atoms with van der Waals surface area (Å²) in [6.07, 6.45) is 3.93. The van der Waals surface area contributed by atoms with Crippen molar-refractivity contribution in [3.8, 4) is 0 Å². The lowest BCUT2D eigenvalue weighted by atomic mass is 10.0. The highest BCUT2D eigenvalue weighted by molar-refractivity contribution is 6.38. The van der Waals surface area contributed by atoms with Gasteiger partial charge in [0.1, 0.15) is 11.4 Å². The first-order chi connectivity index (χ1) is 11.9. The van der Waals surface area contributed by atoms with Crippen LogP contribution >= 0.6 is 11.6 Å². The van der Waals surface area contributed by atoms with Crippen LogP contribution in [0.5, 0.6) is 0 Å². The molecule has 25 heavy (non-hydrogen) atoms. The van der Waals surface area contributed by atoms with E-state index >= 15 is 0 Å². The zero-order chi connectivity index (χ0) is 17.9. The van der Waals surface area contributed by atoms with Gasteiger partial charge in [-0.15, -0.1) is 0 Å². The SMILES string of the molecule is NCC1CCN1c1c(F)cc2c(=O)c(C(=O)O)cn(C3CC3)c2c1Cl. The Bertz CT molecular complexity index is 953. The number of pyridine rings is 1. The molecule has 2 heterocycles. The fourth-order valence-electron chi connectivity index (χ4n) is 3.47. The number of carboxylic acid groups (broad SMARTS) is 1. The normalized spacial score (nSPS) is 20.0. The van der Waals surface area contributed by atoms with E-state index in [0.717, 1.165) is 25.3 Å². The van der Waals surface area contributed by atoms with Gasteiger partial charge in [0, 0.05) is 31.4 Å². The minimum atomic E-state index is -1.33. The van der Waals surface area contributed by atoms with Crippen LogP contribution in [0, 0.1) is 5.82 Å². The van der Waals surface area contributed by atoms with E-state index in [9.17, 15) is 19.1 Å². The molecule has 1 aromatic heterocycles. The molecule has 132 valence electrons. The van der Waals surface area contributed by atoms with Gasteiger partial charge in [-0.1, -0.05) is 11.6 Å². The van der Waals surface area contributed by atoms with Crippen molar-refractivity contribution in [1.29, 1.82) is 0 Å². The standard InChI is InChI=1S/C17H17ClFN3O3/c18-13-14-10(5-12(19)15(13)21-4-3-9(21)6-20)16(23)11(17(24)25)7-22(14)8-1-2-8/h5,7-9H,1-4,6,20H2,(H,24,25). The van der Waals surface area contributed by atoms with E-state index < -0.39 is 17.2 Å². The first kappa shape index (κ1) is 16.4. The summed E-state index contributed by atoms with van der Waals surface area (Å²) >= 11 is 6.53. The lowest BCUT2D eigenvalue weighted by molar-refractivity contribution is 0.0695. The molecule has 1 aliphatic carbocycles. The Balaban J connectivity index is 2.03. The molecule has 4 rings (SSSR count). The molecule has 0 bridgehead atoms. The first-order valence-corrected chi connectivity index (χ1v) is 8.58. The van der Waals surface area contributed by atoms with Gasteiger partial charge in [-0.05, 0) is 25.3 Å². The molecule has 0 radical (unpaired) electrons. The topological polar surface area (TPSA) is 88.6 Å². The summed E-state index contributed by atoms with van der Waals surface area (Å²) in [5.74, 6) is -1.95. The molecule has 0 amide bonds. The summed E-state index contributed by atoms with van der Waals surface area (Å²) < 4.78 is 16.5. The van der Waals surface area contributed by atoms with Gasteiger partial charge >= 0.3 is 5.97 Å². The van der Waals surface area contributed by atoms with E-state index in [0.29, 0.717) is 18.6 Å². The Kier molecular flexibility index (Phi) is 3.73. The quantitative estimate of drug-likeness (QED) is 0.868. The van der Waals surface area contributed by atoms with E-state index in [1.54, 1.807) is 4.57 Å². The summed E-state index contributed by atoms with van der Waals surface area (Å²) in [5, 5.41) is 9.43. The highest BCUT2D eigenvalue weighted by atomic mass is 35.5. The third-order valence-corrected chi connectivity index (χ3v) is 5.42. The number of hydrogen-bond acceptors (Lipinski definition) is 4. The largest absolute Gasteiger partial charge is 0.477 e. The van der Waals surface area contributed by atoms with E-state index in [2.05, 4.69) is 0 Å². The van der Waals surface area contributed by atoms with Gasteiger partial charge in [-0.2, -0.15) is 0 Å². The van der Waals surface area contributed by atoms with Crippen molar-refractivity contribution in [3.63, 3.8) is 0 Å². The van der Waals surface area contributed by atoms with Gasteiger partial charge in [0.05, 0.1) is 21.6 Å². The Morgan fingerprint density at radius 3 is 2.64 bits per heavy atom. The van der Waals surface area contributed by atoms with Gasteiger partial charge in [0.15, 0.2) is 0 Å². The zero-order valence-electron chi connectivity index (χ0n) is 13.3. The molecule has 1 aliphatic heterocycles. The number of benzene rings is 1. The van der Waals surface area contributed by atoms with Crippen molar-refractivity contribution in [2.45, 2.75) is 31.3 Å². The summed E-state index contributed by atoms with van der Waals surface area (Å²) in [5.41, 5.74) is 5.27. The molecule has 3 N–H and O–H groups in total. The minimum Gasteiger partial charge on any atom is -0.477 e. The smallest absolute Gasteiger partial charge is 0.341 e. The van der Waals surface area contributed by atoms with E-state index in [1.807, 2.05) is 4.90 Å². The summed E-state index contributed by atoms with van der Waals surface area (Å²) in [6.45, 7) is 1.03. The van der Waals surface area contributed by atoms with Crippen LogP contribution < -0.4 is 16.1 Å². The van der Waals surface area contributed by atoms with Crippen LogP contribution in [0.2, 0.25) is 5.02 Å². The highest BCUT2D eigenvalue weighted by Gasteiger charge is 2.34. The Hall–Kier alpha value is -2.12. The molecule has 1 unspecified atom stereocenters. The number of anilines is 1. The van der Waals surface area contributed by atoms with Crippen LogP contribution in [-0.2, 0) is 0 Å². The monoisotopic (exact) mass is 365 g/mol. The molecule has 1 aromatic carbocycles. The fraction of sp³-hybridized carbons (Fsp3) is 0.412. The minimum absolute atomic E-state index is 0.00266. The average molecular weight is 366 g/mol. The molecule has 2 aromatic rings.